The van der Waals surface area contributed by atoms with Crippen molar-refractivity contribution in [3.05, 3.63) is 74.7 Å². The van der Waals surface area contributed by atoms with Crippen molar-refractivity contribution in [1.29, 1.82) is 0 Å². The van der Waals surface area contributed by atoms with E-state index in [0.29, 0.717) is 47.6 Å². The molecule has 160 valence electrons. The van der Waals surface area contributed by atoms with Crippen molar-refractivity contribution in [2.24, 2.45) is 0 Å². The molecule has 31 heavy (non-hydrogen) atoms. The number of piperidine rings is 1. The Morgan fingerprint density at radius 1 is 1.10 bits per heavy atom. The maximum absolute atomic E-state index is 13.7. The van der Waals surface area contributed by atoms with Gasteiger partial charge >= 0.3 is 0 Å². The van der Waals surface area contributed by atoms with E-state index in [1.54, 1.807) is 29.2 Å². The van der Waals surface area contributed by atoms with Gasteiger partial charge in [0.1, 0.15) is 16.6 Å². The van der Waals surface area contributed by atoms with Crippen LogP contribution in [-0.4, -0.2) is 40.0 Å². The molecule has 4 rings (SSSR count). The average Bonchev–Trinajstić information content (AvgIpc) is 3.26. The number of aromatic nitrogens is 2. The first-order chi connectivity index (χ1) is 14.9. The van der Waals surface area contributed by atoms with Crippen molar-refractivity contribution in [2.45, 2.75) is 18.8 Å². The zero-order valence-corrected chi connectivity index (χ0v) is 17.7. The normalized spacial score (nSPS) is 14.5. The Hall–Kier alpha value is -2.91. The molecule has 10 heteroatoms. The summed E-state index contributed by atoms with van der Waals surface area (Å²) in [6.45, 7) is 1.08. The Morgan fingerprint density at radius 3 is 2.55 bits per heavy atom. The zero-order valence-electron chi connectivity index (χ0n) is 16.1. The van der Waals surface area contributed by atoms with Gasteiger partial charge < -0.3 is 10.2 Å². The average molecular weight is 463 g/mol. The van der Waals surface area contributed by atoms with Gasteiger partial charge in [0.2, 0.25) is 5.01 Å². The van der Waals surface area contributed by atoms with Crippen molar-refractivity contribution < 1.29 is 18.4 Å². The summed E-state index contributed by atoms with van der Waals surface area (Å²) in [5, 5.41) is 11.6. The summed E-state index contributed by atoms with van der Waals surface area (Å²) < 4.78 is 26.8. The van der Waals surface area contributed by atoms with E-state index in [9.17, 15) is 18.4 Å². The number of carbonyl (C=O) groups excluding carboxylic acids is 2. The largest absolute Gasteiger partial charge is 0.339 e. The van der Waals surface area contributed by atoms with Crippen LogP contribution in [0.1, 0.15) is 43.9 Å². The molecule has 0 unspecified atom stereocenters. The molecule has 0 saturated carbocycles. The maximum atomic E-state index is 13.7. The highest BCUT2D eigenvalue weighted by Gasteiger charge is 2.28. The first-order valence-electron chi connectivity index (χ1n) is 9.56. The van der Waals surface area contributed by atoms with E-state index in [-0.39, 0.29) is 22.5 Å². The molecule has 0 bridgehead atoms. The molecule has 1 N–H and O–H groups in total. The van der Waals surface area contributed by atoms with E-state index in [0.717, 1.165) is 23.5 Å². The number of nitrogens with zero attached hydrogens (tertiary/aromatic N) is 3. The predicted octanol–water partition coefficient (Wildman–Crippen LogP) is 4.74. The minimum Gasteiger partial charge on any atom is -0.339 e. The number of carbonyl (C=O) groups is 2. The molecule has 2 aromatic carbocycles. The Bertz CT molecular complexity index is 1130. The van der Waals surface area contributed by atoms with Crippen LogP contribution in [0.25, 0.3) is 0 Å². The quantitative estimate of drug-likeness (QED) is 0.607. The molecule has 0 aliphatic carbocycles. The monoisotopic (exact) mass is 462 g/mol. The molecule has 1 fully saturated rings. The van der Waals surface area contributed by atoms with E-state index in [1.807, 2.05) is 0 Å². The van der Waals surface area contributed by atoms with E-state index in [4.69, 9.17) is 11.6 Å². The molecule has 0 atom stereocenters. The topological polar surface area (TPSA) is 75.2 Å². The highest BCUT2D eigenvalue weighted by molar-refractivity contribution is 7.13. The second kappa shape index (κ2) is 9.07. The lowest BCUT2D eigenvalue weighted by Gasteiger charge is -2.31. The van der Waals surface area contributed by atoms with Crippen LogP contribution < -0.4 is 5.32 Å². The molecular formula is C21H17ClF2N4O2S. The van der Waals surface area contributed by atoms with Gasteiger partial charge in [0.25, 0.3) is 11.8 Å². The SMILES string of the molecule is O=C(Nc1ccc(F)cc1F)c1nnc(C2CCN(C(=O)c3ccccc3Cl)CC2)s1. The third kappa shape index (κ3) is 4.72. The van der Waals surface area contributed by atoms with Gasteiger partial charge in [-0.05, 0) is 37.1 Å². The van der Waals surface area contributed by atoms with Crippen LogP contribution in [0.4, 0.5) is 14.5 Å². The summed E-state index contributed by atoms with van der Waals surface area (Å²) in [6, 6.07) is 9.84. The summed E-state index contributed by atoms with van der Waals surface area (Å²) in [6.07, 6.45) is 1.36. The molecule has 1 aliphatic rings. The van der Waals surface area contributed by atoms with E-state index >= 15 is 0 Å². The number of amides is 2. The standard InChI is InChI=1S/C21H17ClF2N4O2S/c22-15-4-2-1-3-14(15)21(30)28-9-7-12(8-10-28)19-26-27-20(31-19)18(29)25-17-6-5-13(23)11-16(17)24/h1-6,11-12H,7-10H2,(H,25,29). The number of rotatable bonds is 4. The number of anilines is 1. The summed E-state index contributed by atoms with van der Waals surface area (Å²) >= 11 is 7.26. The first kappa shape index (κ1) is 21.3. The van der Waals surface area contributed by atoms with Crippen LogP contribution in [0.3, 0.4) is 0 Å². The van der Waals surface area contributed by atoms with Gasteiger partial charge in [0.05, 0.1) is 16.3 Å². The molecular weight excluding hydrogens is 446 g/mol. The molecule has 1 aromatic heterocycles. The highest BCUT2D eigenvalue weighted by Crippen LogP contribution is 2.31. The fourth-order valence-electron chi connectivity index (χ4n) is 3.39. The summed E-state index contributed by atoms with van der Waals surface area (Å²) in [7, 11) is 0. The molecule has 1 saturated heterocycles. The van der Waals surface area contributed by atoms with Gasteiger partial charge in [-0.1, -0.05) is 35.1 Å². The smallest absolute Gasteiger partial charge is 0.286 e. The lowest BCUT2D eigenvalue weighted by molar-refractivity contribution is 0.0713. The minimum absolute atomic E-state index is 0.0666. The second-order valence-corrected chi connectivity index (χ2v) is 8.49. The van der Waals surface area contributed by atoms with E-state index < -0.39 is 17.5 Å². The lowest BCUT2D eigenvalue weighted by atomic mass is 9.97. The van der Waals surface area contributed by atoms with Gasteiger partial charge in [-0.15, -0.1) is 10.2 Å². The first-order valence-corrected chi connectivity index (χ1v) is 10.8. The van der Waals surface area contributed by atoms with Crippen LogP contribution >= 0.6 is 22.9 Å². The predicted molar refractivity (Wildman–Crippen MR) is 114 cm³/mol. The van der Waals surface area contributed by atoms with Gasteiger partial charge in [0.15, 0.2) is 0 Å². The van der Waals surface area contributed by atoms with Crippen LogP contribution in [0.2, 0.25) is 5.02 Å². The summed E-state index contributed by atoms with van der Waals surface area (Å²) in [4.78, 5) is 26.8. The zero-order chi connectivity index (χ0) is 22.0. The van der Waals surface area contributed by atoms with E-state index in [2.05, 4.69) is 15.5 Å². The van der Waals surface area contributed by atoms with Crippen molar-refractivity contribution in [3.63, 3.8) is 0 Å². The van der Waals surface area contributed by atoms with Gasteiger partial charge in [0, 0.05) is 25.1 Å². The van der Waals surface area contributed by atoms with Crippen LogP contribution in [0.15, 0.2) is 42.5 Å². The Balaban J connectivity index is 1.37. The van der Waals surface area contributed by atoms with Crippen molar-refractivity contribution in [2.75, 3.05) is 18.4 Å². The van der Waals surface area contributed by atoms with Gasteiger partial charge in [-0.25, -0.2) is 8.78 Å². The fraction of sp³-hybridized carbons (Fsp3) is 0.238. The third-order valence-corrected chi connectivity index (χ3v) is 6.46. The van der Waals surface area contributed by atoms with E-state index in [1.165, 1.54) is 0 Å². The number of benzene rings is 2. The van der Waals surface area contributed by atoms with Crippen LogP contribution in [0, 0.1) is 11.6 Å². The van der Waals surface area contributed by atoms with Gasteiger partial charge in [-0.3, -0.25) is 9.59 Å². The summed E-state index contributed by atoms with van der Waals surface area (Å²) in [5.41, 5.74) is 0.347. The minimum atomic E-state index is -0.867. The Labute approximate surface area is 185 Å². The molecule has 0 spiro atoms. The van der Waals surface area contributed by atoms with Gasteiger partial charge in [-0.2, -0.15) is 0 Å². The molecule has 6 nitrogen and oxygen atoms in total. The fourth-order valence-corrected chi connectivity index (χ4v) is 4.52. The molecule has 1 aliphatic heterocycles. The number of halogens is 3. The number of hydrogen-bond acceptors (Lipinski definition) is 5. The van der Waals surface area contributed by atoms with Crippen LogP contribution in [0.5, 0.6) is 0 Å². The molecule has 2 heterocycles. The maximum Gasteiger partial charge on any atom is 0.286 e. The molecule has 0 radical (unpaired) electrons. The lowest BCUT2D eigenvalue weighted by Crippen LogP contribution is -2.38. The van der Waals surface area contributed by atoms with Crippen molar-refractivity contribution in [3.8, 4) is 0 Å². The molecule has 2 amide bonds. The third-order valence-electron chi connectivity index (χ3n) is 5.05. The number of likely N-dealkylation sites (tertiary alicyclic amines) is 1. The second-order valence-electron chi connectivity index (χ2n) is 7.07. The Kier molecular flexibility index (Phi) is 6.24. The molecule has 3 aromatic rings. The summed E-state index contributed by atoms with van der Waals surface area (Å²) in [5.74, 6) is -2.25. The highest BCUT2D eigenvalue weighted by atomic mass is 35.5. The van der Waals surface area contributed by atoms with Crippen LogP contribution in [-0.2, 0) is 0 Å². The van der Waals surface area contributed by atoms with Crippen molar-refractivity contribution >= 4 is 40.4 Å². The van der Waals surface area contributed by atoms with Crippen molar-refractivity contribution in [1.82, 2.24) is 15.1 Å². The Morgan fingerprint density at radius 2 is 1.84 bits per heavy atom. The number of hydrogen-bond donors (Lipinski definition) is 1. The number of nitrogens with one attached hydrogen (secondary N) is 1.